The molecule has 9 heteroatoms. The lowest BCUT2D eigenvalue weighted by atomic mass is 10.1. The molecule has 0 aliphatic carbocycles. The molecular formula is C21H24FIN6O. The van der Waals surface area contributed by atoms with Crippen LogP contribution in [0.25, 0.3) is 5.69 Å². The number of halogens is 2. The van der Waals surface area contributed by atoms with Crippen molar-refractivity contribution in [1.82, 2.24) is 20.4 Å². The van der Waals surface area contributed by atoms with E-state index in [4.69, 9.17) is 0 Å². The van der Waals surface area contributed by atoms with Crippen molar-refractivity contribution >= 4 is 41.5 Å². The molecule has 3 N–H and O–H groups in total. The lowest BCUT2D eigenvalue weighted by Crippen LogP contribution is -2.42. The number of aliphatic imine (C=N–C) groups is 1. The molecular weight excluding hydrogens is 498 g/mol. The monoisotopic (exact) mass is 522 g/mol. The van der Waals surface area contributed by atoms with Crippen LogP contribution in [-0.2, 0) is 11.2 Å². The molecule has 1 heterocycles. The van der Waals surface area contributed by atoms with Gasteiger partial charge in [0.1, 0.15) is 5.82 Å². The topological polar surface area (TPSA) is 83.3 Å². The Morgan fingerprint density at radius 1 is 1.10 bits per heavy atom. The second-order valence-electron chi connectivity index (χ2n) is 6.27. The molecule has 0 fully saturated rings. The maximum absolute atomic E-state index is 12.9. The SMILES string of the molecule is CN=C(NCCc1ccc(-n2cccn2)cc1)NCC(=O)Nc1ccc(F)cc1.I. The molecule has 0 radical (unpaired) electrons. The number of amides is 1. The maximum Gasteiger partial charge on any atom is 0.243 e. The minimum atomic E-state index is -0.346. The molecule has 0 atom stereocenters. The van der Waals surface area contributed by atoms with E-state index in [1.54, 1.807) is 13.2 Å². The highest BCUT2D eigenvalue weighted by Gasteiger charge is 2.05. The first-order chi connectivity index (χ1) is 14.1. The highest BCUT2D eigenvalue weighted by Crippen LogP contribution is 2.09. The van der Waals surface area contributed by atoms with Crippen molar-refractivity contribution in [1.29, 1.82) is 0 Å². The molecule has 1 amide bonds. The van der Waals surface area contributed by atoms with Crippen LogP contribution < -0.4 is 16.0 Å². The third kappa shape index (κ3) is 7.14. The zero-order valence-corrected chi connectivity index (χ0v) is 18.8. The van der Waals surface area contributed by atoms with E-state index in [0.717, 1.165) is 12.1 Å². The number of hydrogen-bond acceptors (Lipinski definition) is 3. The van der Waals surface area contributed by atoms with Crippen molar-refractivity contribution in [2.75, 3.05) is 25.5 Å². The Labute approximate surface area is 191 Å². The molecule has 158 valence electrons. The Morgan fingerprint density at radius 2 is 1.83 bits per heavy atom. The molecule has 0 unspecified atom stereocenters. The number of aromatic nitrogens is 2. The first-order valence-electron chi connectivity index (χ1n) is 9.23. The van der Waals surface area contributed by atoms with E-state index >= 15 is 0 Å². The predicted octanol–water partition coefficient (Wildman–Crippen LogP) is 2.98. The highest BCUT2D eigenvalue weighted by atomic mass is 127. The van der Waals surface area contributed by atoms with E-state index in [1.165, 1.54) is 29.8 Å². The van der Waals surface area contributed by atoms with Crippen molar-refractivity contribution in [3.8, 4) is 5.69 Å². The molecule has 2 aromatic carbocycles. The van der Waals surface area contributed by atoms with Gasteiger partial charge in [-0.3, -0.25) is 9.79 Å². The van der Waals surface area contributed by atoms with Gasteiger partial charge in [-0.1, -0.05) is 12.1 Å². The third-order valence-corrected chi connectivity index (χ3v) is 4.18. The molecule has 0 spiro atoms. The van der Waals surface area contributed by atoms with Gasteiger partial charge < -0.3 is 16.0 Å². The number of carbonyl (C=O) groups excluding carboxylic acids is 1. The second-order valence-corrected chi connectivity index (χ2v) is 6.27. The van der Waals surface area contributed by atoms with Gasteiger partial charge in [0.2, 0.25) is 5.91 Å². The highest BCUT2D eigenvalue weighted by molar-refractivity contribution is 14.0. The average molecular weight is 522 g/mol. The summed E-state index contributed by atoms with van der Waals surface area (Å²) >= 11 is 0. The summed E-state index contributed by atoms with van der Waals surface area (Å²) in [5, 5.41) is 13.0. The number of anilines is 1. The molecule has 0 saturated carbocycles. The number of nitrogens with one attached hydrogen (secondary N) is 3. The van der Waals surface area contributed by atoms with E-state index < -0.39 is 0 Å². The van der Waals surface area contributed by atoms with E-state index in [2.05, 4.69) is 38.2 Å². The second kappa shape index (κ2) is 11.9. The van der Waals surface area contributed by atoms with E-state index in [9.17, 15) is 9.18 Å². The van der Waals surface area contributed by atoms with Gasteiger partial charge in [-0.2, -0.15) is 5.10 Å². The van der Waals surface area contributed by atoms with Crippen LogP contribution in [0.4, 0.5) is 10.1 Å². The average Bonchev–Trinajstić information content (AvgIpc) is 3.27. The Hall–Kier alpha value is -2.95. The number of guanidine groups is 1. The number of carbonyl (C=O) groups is 1. The lowest BCUT2D eigenvalue weighted by molar-refractivity contribution is -0.115. The standard InChI is InChI=1S/C21H23FN6O.HI/c1-23-21(25-15-20(29)27-18-7-5-17(22)6-8-18)24-13-11-16-3-9-19(10-4-16)28-14-2-12-26-28;/h2-10,12,14H,11,13,15H2,1H3,(H,27,29)(H2,23,24,25);1H. The summed E-state index contributed by atoms with van der Waals surface area (Å²) < 4.78 is 14.7. The minimum absolute atomic E-state index is 0. The van der Waals surface area contributed by atoms with Gasteiger partial charge in [0.25, 0.3) is 0 Å². The number of rotatable bonds is 7. The van der Waals surface area contributed by atoms with Crippen molar-refractivity contribution in [3.05, 3.63) is 78.4 Å². The third-order valence-electron chi connectivity index (χ3n) is 4.18. The van der Waals surface area contributed by atoms with E-state index in [1.807, 2.05) is 29.1 Å². The van der Waals surface area contributed by atoms with Crippen molar-refractivity contribution < 1.29 is 9.18 Å². The van der Waals surface area contributed by atoms with Crippen LogP contribution in [-0.4, -0.2) is 41.8 Å². The maximum atomic E-state index is 12.9. The molecule has 0 aliphatic rings. The smallest absolute Gasteiger partial charge is 0.243 e. The van der Waals surface area contributed by atoms with Crippen molar-refractivity contribution in [2.45, 2.75) is 6.42 Å². The van der Waals surface area contributed by atoms with Crippen molar-refractivity contribution in [2.24, 2.45) is 4.99 Å². The van der Waals surface area contributed by atoms with Gasteiger partial charge >= 0.3 is 0 Å². The minimum Gasteiger partial charge on any atom is -0.356 e. The zero-order chi connectivity index (χ0) is 20.5. The first-order valence-corrected chi connectivity index (χ1v) is 9.23. The van der Waals surface area contributed by atoms with Gasteiger partial charge in [0, 0.05) is 31.7 Å². The van der Waals surface area contributed by atoms with Crippen LogP contribution in [0, 0.1) is 5.82 Å². The van der Waals surface area contributed by atoms with Crippen LogP contribution >= 0.6 is 24.0 Å². The fourth-order valence-electron chi connectivity index (χ4n) is 2.69. The largest absolute Gasteiger partial charge is 0.356 e. The molecule has 3 rings (SSSR count). The number of benzene rings is 2. The van der Waals surface area contributed by atoms with E-state index in [-0.39, 0.29) is 42.2 Å². The first kappa shape index (κ1) is 23.3. The summed E-state index contributed by atoms with van der Waals surface area (Å²) in [6, 6.07) is 15.7. The Morgan fingerprint density at radius 3 is 2.47 bits per heavy atom. The predicted molar refractivity (Wildman–Crippen MR) is 127 cm³/mol. The van der Waals surface area contributed by atoms with Crippen LogP contribution in [0.5, 0.6) is 0 Å². The summed E-state index contributed by atoms with van der Waals surface area (Å²) in [5.74, 6) is -0.0528. The molecule has 3 aromatic rings. The molecule has 0 saturated heterocycles. The van der Waals surface area contributed by atoms with Gasteiger partial charge in [0.05, 0.1) is 12.2 Å². The van der Waals surface area contributed by atoms with Gasteiger partial charge in [-0.15, -0.1) is 24.0 Å². The summed E-state index contributed by atoms with van der Waals surface area (Å²) in [6.07, 6.45) is 4.46. The van der Waals surface area contributed by atoms with Crippen LogP contribution in [0.1, 0.15) is 5.56 Å². The van der Waals surface area contributed by atoms with Gasteiger partial charge in [-0.25, -0.2) is 9.07 Å². The van der Waals surface area contributed by atoms with Crippen LogP contribution in [0.15, 0.2) is 72.0 Å². The molecule has 1 aromatic heterocycles. The lowest BCUT2D eigenvalue weighted by Gasteiger charge is -2.12. The zero-order valence-electron chi connectivity index (χ0n) is 16.5. The summed E-state index contributed by atoms with van der Waals surface area (Å²) in [6.45, 7) is 0.718. The normalized spacial score (nSPS) is 10.8. The van der Waals surface area contributed by atoms with E-state index in [0.29, 0.717) is 18.2 Å². The Kier molecular flexibility index (Phi) is 9.26. The molecule has 30 heavy (non-hydrogen) atoms. The molecule has 0 bridgehead atoms. The molecule has 0 aliphatic heterocycles. The fourth-order valence-corrected chi connectivity index (χ4v) is 2.69. The number of hydrogen-bond donors (Lipinski definition) is 3. The number of nitrogens with zero attached hydrogens (tertiary/aromatic N) is 3. The summed E-state index contributed by atoms with van der Waals surface area (Å²) in [5.41, 5.74) is 2.73. The van der Waals surface area contributed by atoms with Crippen LogP contribution in [0.2, 0.25) is 0 Å². The van der Waals surface area contributed by atoms with Crippen LogP contribution in [0.3, 0.4) is 0 Å². The Balaban J connectivity index is 0.00000320. The van der Waals surface area contributed by atoms with Gasteiger partial charge in [0.15, 0.2) is 5.96 Å². The summed E-state index contributed by atoms with van der Waals surface area (Å²) in [7, 11) is 1.64. The quantitative estimate of drug-likeness (QED) is 0.253. The summed E-state index contributed by atoms with van der Waals surface area (Å²) in [4.78, 5) is 16.1. The Bertz CT molecular complexity index is 943. The molecule has 7 nitrogen and oxygen atoms in total. The van der Waals surface area contributed by atoms with Crippen molar-refractivity contribution in [3.63, 3.8) is 0 Å². The fraction of sp³-hybridized carbons (Fsp3) is 0.190. The van der Waals surface area contributed by atoms with Gasteiger partial charge in [-0.05, 0) is 54.4 Å².